The molecule has 2 fully saturated rings. The average Bonchev–Trinajstić information content (AvgIpc) is 3.52. The Morgan fingerprint density at radius 2 is 1.77 bits per heavy atom. The zero-order chi connectivity index (χ0) is 24.5. The fourth-order valence-corrected chi connectivity index (χ4v) is 5.06. The lowest BCUT2D eigenvalue weighted by atomic mass is 9.95. The van der Waals surface area contributed by atoms with E-state index in [-0.39, 0.29) is 23.8 Å². The summed E-state index contributed by atoms with van der Waals surface area (Å²) in [5.41, 5.74) is 2.98. The maximum absolute atomic E-state index is 12.7. The fraction of sp³-hybridized carbons (Fsp3) is 0.400. The first-order valence-electron chi connectivity index (χ1n) is 11.8. The normalized spacial score (nSPS) is 18.7. The maximum atomic E-state index is 12.7. The predicted octanol–water partition coefficient (Wildman–Crippen LogP) is 3.81. The van der Waals surface area contributed by atoms with Gasteiger partial charge in [-0.05, 0) is 55.7 Å². The van der Waals surface area contributed by atoms with Crippen LogP contribution in [0.25, 0.3) is 16.7 Å². The quantitative estimate of drug-likeness (QED) is 0.539. The van der Waals surface area contributed by atoms with Gasteiger partial charge in [-0.15, -0.1) is 0 Å². The van der Waals surface area contributed by atoms with E-state index in [1.165, 1.54) is 0 Å². The first-order chi connectivity index (χ1) is 16.9. The van der Waals surface area contributed by atoms with E-state index in [2.05, 4.69) is 15.5 Å². The smallest absolute Gasteiger partial charge is 0.251 e. The van der Waals surface area contributed by atoms with Crippen molar-refractivity contribution >= 4 is 52.0 Å². The van der Waals surface area contributed by atoms with Gasteiger partial charge in [-0.25, -0.2) is 4.98 Å². The van der Waals surface area contributed by atoms with Crippen LogP contribution in [0.3, 0.4) is 0 Å². The van der Waals surface area contributed by atoms with E-state index < -0.39 is 0 Å². The van der Waals surface area contributed by atoms with Crippen molar-refractivity contribution in [1.82, 2.24) is 20.2 Å². The number of piperidine rings is 1. The van der Waals surface area contributed by atoms with Crippen molar-refractivity contribution in [1.29, 1.82) is 0 Å². The van der Waals surface area contributed by atoms with Gasteiger partial charge in [0, 0.05) is 43.9 Å². The summed E-state index contributed by atoms with van der Waals surface area (Å²) in [6.07, 6.45) is 2.35. The standard InChI is InChI=1S/C25H27Cl2N5O3/c1-28-23(33)15-2-4-18(5-3-15)32-22-13-20(27)19(26)12-21(22)30-25(32)31-9-6-16(7-10-31)24(34)29-17-8-11-35-14-17/h2-5,12-13,16-17H,6-11,14H2,1H3,(H,28,33)(H,29,34). The number of carbonyl (C=O) groups excluding carboxylic acids is 2. The number of benzene rings is 2. The minimum Gasteiger partial charge on any atom is -0.379 e. The minimum absolute atomic E-state index is 0.0274. The molecule has 35 heavy (non-hydrogen) atoms. The van der Waals surface area contributed by atoms with E-state index in [1.807, 2.05) is 22.8 Å². The largest absolute Gasteiger partial charge is 0.379 e. The molecule has 2 N–H and O–H groups in total. The number of amides is 2. The summed E-state index contributed by atoms with van der Waals surface area (Å²) in [6.45, 7) is 2.69. The van der Waals surface area contributed by atoms with Crippen LogP contribution in [0, 0.1) is 5.92 Å². The molecule has 1 unspecified atom stereocenters. The summed E-state index contributed by atoms with van der Waals surface area (Å²) in [6, 6.07) is 11.0. The lowest BCUT2D eigenvalue weighted by Gasteiger charge is -2.32. The van der Waals surface area contributed by atoms with E-state index in [1.54, 1.807) is 25.2 Å². The lowest BCUT2D eigenvalue weighted by molar-refractivity contribution is -0.126. The first-order valence-corrected chi connectivity index (χ1v) is 12.5. The average molecular weight is 516 g/mol. The second kappa shape index (κ2) is 10.0. The van der Waals surface area contributed by atoms with E-state index in [0.29, 0.717) is 41.9 Å². The summed E-state index contributed by atoms with van der Waals surface area (Å²) < 4.78 is 7.40. The van der Waals surface area contributed by atoms with Crippen LogP contribution in [0.2, 0.25) is 10.0 Å². The number of nitrogens with one attached hydrogen (secondary N) is 2. The van der Waals surface area contributed by atoms with Gasteiger partial charge < -0.3 is 20.3 Å². The molecule has 3 heterocycles. The van der Waals surface area contributed by atoms with Crippen molar-refractivity contribution in [3.05, 3.63) is 52.0 Å². The van der Waals surface area contributed by atoms with Crippen LogP contribution in [-0.2, 0) is 9.53 Å². The number of anilines is 1. The topological polar surface area (TPSA) is 88.5 Å². The molecule has 1 atom stereocenters. The van der Waals surface area contributed by atoms with Crippen molar-refractivity contribution < 1.29 is 14.3 Å². The summed E-state index contributed by atoms with van der Waals surface area (Å²) in [5, 5.41) is 6.65. The Balaban J connectivity index is 1.43. The molecule has 2 amide bonds. The molecule has 10 heteroatoms. The summed E-state index contributed by atoms with van der Waals surface area (Å²) in [5.74, 6) is 0.693. The Morgan fingerprint density at radius 1 is 1.06 bits per heavy atom. The number of hydrogen-bond donors (Lipinski definition) is 2. The molecule has 0 radical (unpaired) electrons. The molecule has 0 bridgehead atoms. The van der Waals surface area contributed by atoms with Crippen molar-refractivity contribution in [2.75, 3.05) is 38.3 Å². The molecule has 2 saturated heterocycles. The van der Waals surface area contributed by atoms with Crippen LogP contribution in [0.1, 0.15) is 29.6 Å². The molecule has 5 rings (SSSR count). The van der Waals surface area contributed by atoms with Crippen LogP contribution in [0.5, 0.6) is 0 Å². The van der Waals surface area contributed by atoms with E-state index in [0.717, 1.165) is 41.9 Å². The van der Waals surface area contributed by atoms with Gasteiger partial charge in [0.25, 0.3) is 5.91 Å². The highest BCUT2D eigenvalue weighted by molar-refractivity contribution is 6.42. The van der Waals surface area contributed by atoms with Crippen molar-refractivity contribution in [2.24, 2.45) is 5.92 Å². The maximum Gasteiger partial charge on any atom is 0.251 e. The number of fused-ring (bicyclic) bond motifs is 1. The van der Waals surface area contributed by atoms with Crippen LogP contribution < -0.4 is 15.5 Å². The summed E-state index contributed by atoms with van der Waals surface area (Å²) in [4.78, 5) is 31.8. The minimum atomic E-state index is -0.147. The fourth-order valence-electron chi connectivity index (χ4n) is 4.74. The Kier molecular flexibility index (Phi) is 6.86. The van der Waals surface area contributed by atoms with Gasteiger partial charge in [-0.2, -0.15) is 0 Å². The highest BCUT2D eigenvalue weighted by Gasteiger charge is 2.30. The molecular formula is C25H27Cl2N5O3. The highest BCUT2D eigenvalue weighted by atomic mass is 35.5. The molecule has 2 aliphatic heterocycles. The zero-order valence-corrected chi connectivity index (χ0v) is 20.9. The molecule has 8 nitrogen and oxygen atoms in total. The third-order valence-corrected chi connectivity index (χ3v) is 7.44. The molecular weight excluding hydrogens is 489 g/mol. The number of nitrogens with zero attached hydrogens (tertiary/aromatic N) is 3. The number of halogens is 2. The Bertz CT molecular complexity index is 1250. The Hall–Kier alpha value is -2.81. The van der Waals surface area contributed by atoms with Gasteiger partial charge in [-0.3, -0.25) is 14.2 Å². The van der Waals surface area contributed by atoms with Gasteiger partial charge in [0.15, 0.2) is 0 Å². The molecule has 0 spiro atoms. The second-order valence-electron chi connectivity index (χ2n) is 8.96. The molecule has 2 aromatic carbocycles. The van der Waals surface area contributed by atoms with E-state index in [4.69, 9.17) is 32.9 Å². The van der Waals surface area contributed by atoms with Crippen LogP contribution >= 0.6 is 23.2 Å². The molecule has 1 aromatic heterocycles. The monoisotopic (exact) mass is 515 g/mol. The summed E-state index contributed by atoms with van der Waals surface area (Å²) >= 11 is 12.6. The van der Waals surface area contributed by atoms with E-state index >= 15 is 0 Å². The number of ether oxygens (including phenoxy) is 1. The highest BCUT2D eigenvalue weighted by Crippen LogP contribution is 2.34. The third-order valence-electron chi connectivity index (χ3n) is 6.72. The molecule has 0 saturated carbocycles. The predicted molar refractivity (Wildman–Crippen MR) is 137 cm³/mol. The van der Waals surface area contributed by atoms with Crippen LogP contribution in [0.4, 0.5) is 5.95 Å². The lowest BCUT2D eigenvalue weighted by Crippen LogP contribution is -2.44. The van der Waals surface area contributed by atoms with Gasteiger partial charge in [0.1, 0.15) is 0 Å². The number of imidazole rings is 1. The molecule has 3 aromatic rings. The summed E-state index contributed by atoms with van der Waals surface area (Å²) in [7, 11) is 1.61. The second-order valence-corrected chi connectivity index (χ2v) is 9.77. The Labute approximate surface area is 213 Å². The van der Waals surface area contributed by atoms with Gasteiger partial charge >= 0.3 is 0 Å². The van der Waals surface area contributed by atoms with Crippen LogP contribution in [0.15, 0.2) is 36.4 Å². The first kappa shape index (κ1) is 23.9. The zero-order valence-electron chi connectivity index (χ0n) is 19.4. The number of rotatable bonds is 5. The SMILES string of the molecule is CNC(=O)c1ccc(-n2c(N3CCC(C(=O)NC4CCOC4)CC3)nc3cc(Cl)c(Cl)cc32)cc1. The number of carbonyl (C=O) groups is 2. The molecule has 0 aliphatic carbocycles. The van der Waals surface area contributed by atoms with Gasteiger partial charge in [0.2, 0.25) is 11.9 Å². The van der Waals surface area contributed by atoms with E-state index in [9.17, 15) is 9.59 Å². The third kappa shape index (κ3) is 4.83. The Morgan fingerprint density at radius 3 is 2.43 bits per heavy atom. The van der Waals surface area contributed by atoms with Crippen LogP contribution in [-0.4, -0.2) is 60.8 Å². The number of hydrogen-bond acceptors (Lipinski definition) is 5. The van der Waals surface area contributed by atoms with Gasteiger partial charge in [-0.1, -0.05) is 23.2 Å². The van der Waals surface area contributed by atoms with Crippen molar-refractivity contribution in [2.45, 2.75) is 25.3 Å². The van der Waals surface area contributed by atoms with Gasteiger partial charge in [0.05, 0.1) is 33.7 Å². The van der Waals surface area contributed by atoms with Crippen molar-refractivity contribution in [3.63, 3.8) is 0 Å². The number of aromatic nitrogens is 2. The molecule has 2 aliphatic rings. The molecule has 184 valence electrons. The van der Waals surface area contributed by atoms with Crippen molar-refractivity contribution in [3.8, 4) is 5.69 Å².